The molecular weight excluding hydrogens is 226 g/mol. The Kier molecular flexibility index (Phi) is 4.70. The lowest BCUT2D eigenvalue weighted by Gasteiger charge is -2.17. The number of nitrogens with zero attached hydrogens (tertiary/aromatic N) is 2. The predicted octanol–water partition coefficient (Wildman–Crippen LogP) is 1.22. The second kappa shape index (κ2) is 6.50. The van der Waals surface area contributed by atoms with E-state index in [1.54, 1.807) is 12.4 Å². The summed E-state index contributed by atoms with van der Waals surface area (Å²) in [5, 5.41) is 3.36. The topological polar surface area (TPSA) is 45.2 Å². The van der Waals surface area contributed by atoms with Crippen molar-refractivity contribution in [1.29, 1.82) is 0 Å². The van der Waals surface area contributed by atoms with E-state index in [9.17, 15) is 4.79 Å². The summed E-state index contributed by atoms with van der Waals surface area (Å²) in [4.78, 5) is 17.6. The molecule has 0 radical (unpaired) electrons. The van der Waals surface area contributed by atoms with E-state index in [0.29, 0.717) is 12.5 Å². The minimum absolute atomic E-state index is 0.220. The van der Waals surface area contributed by atoms with E-state index in [1.807, 2.05) is 24.1 Å². The van der Waals surface area contributed by atoms with Crippen LogP contribution in [0.1, 0.15) is 24.8 Å². The van der Waals surface area contributed by atoms with Gasteiger partial charge in [-0.1, -0.05) is 0 Å². The van der Waals surface area contributed by atoms with Gasteiger partial charge in [-0.05, 0) is 37.0 Å². The number of amides is 1. The van der Waals surface area contributed by atoms with Crippen LogP contribution in [0.3, 0.4) is 0 Å². The number of nitrogens with one attached hydrogen (secondary N) is 1. The molecule has 0 bridgehead atoms. The summed E-state index contributed by atoms with van der Waals surface area (Å²) in [6, 6.07) is 4.67. The minimum atomic E-state index is 0.220. The van der Waals surface area contributed by atoms with Crippen LogP contribution in [-0.2, 0) is 11.2 Å². The quantitative estimate of drug-likeness (QED) is 0.788. The molecule has 1 amide bonds. The van der Waals surface area contributed by atoms with E-state index in [0.717, 1.165) is 19.5 Å². The van der Waals surface area contributed by atoms with Gasteiger partial charge in [-0.3, -0.25) is 9.78 Å². The molecule has 1 heterocycles. The SMILES string of the molecule is CN(CCc1ccncc1)C(=O)CCNC1CC1. The molecule has 1 saturated carbocycles. The van der Waals surface area contributed by atoms with Crippen LogP contribution in [0, 0.1) is 0 Å². The van der Waals surface area contributed by atoms with Crippen molar-refractivity contribution in [2.45, 2.75) is 31.7 Å². The first kappa shape index (κ1) is 13.0. The van der Waals surface area contributed by atoms with Gasteiger partial charge in [0.05, 0.1) is 0 Å². The van der Waals surface area contributed by atoms with Crippen LogP contribution < -0.4 is 5.32 Å². The molecule has 4 heteroatoms. The van der Waals surface area contributed by atoms with Gasteiger partial charge in [-0.15, -0.1) is 0 Å². The van der Waals surface area contributed by atoms with Crippen LogP contribution in [0.15, 0.2) is 24.5 Å². The monoisotopic (exact) mass is 247 g/mol. The summed E-state index contributed by atoms with van der Waals surface area (Å²) < 4.78 is 0. The first-order valence-corrected chi connectivity index (χ1v) is 6.62. The highest BCUT2D eigenvalue weighted by Crippen LogP contribution is 2.18. The summed E-state index contributed by atoms with van der Waals surface area (Å²) in [5.74, 6) is 0.220. The molecule has 0 aliphatic heterocycles. The van der Waals surface area contributed by atoms with Gasteiger partial charge in [0.15, 0.2) is 0 Å². The zero-order valence-electron chi connectivity index (χ0n) is 10.9. The molecule has 98 valence electrons. The Labute approximate surface area is 108 Å². The van der Waals surface area contributed by atoms with Gasteiger partial charge in [-0.25, -0.2) is 0 Å². The smallest absolute Gasteiger partial charge is 0.223 e. The first-order chi connectivity index (χ1) is 8.75. The lowest BCUT2D eigenvalue weighted by atomic mass is 10.2. The molecule has 0 saturated heterocycles. The summed E-state index contributed by atoms with van der Waals surface area (Å²) in [6.45, 7) is 1.58. The van der Waals surface area contributed by atoms with Crippen molar-refractivity contribution in [3.63, 3.8) is 0 Å². The van der Waals surface area contributed by atoms with E-state index in [1.165, 1.54) is 18.4 Å². The number of hydrogen-bond acceptors (Lipinski definition) is 3. The molecule has 1 aromatic rings. The third kappa shape index (κ3) is 4.45. The van der Waals surface area contributed by atoms with Crippen LogP contribution >= 0.6 is 0 Å². The van der Waals surface area contributed by atoms with Crippen LogP contribution in [0.4, 0.5) is 0 Å². The number of aromatic nitrogens is 1. The predicted molar refractivity (Wildman–Crippen MR) is 71.2 cm³/mol. The lowest BCUT2D eigenvalue weighted by Crippen LogP contribution is -2.31. The molecule has 0 aromatic carbocycles. The second-order valence-corrected chi connectivity index (χ2v) is 4.90. The van der Waals surface area contributed by atoms with Crippen LogP contribution in [-0.4, -0.2) is 42.0 Å². The number of pyridine rings is 1. The second-order valence-electron chi connectivity index (χ2n) is 4.90. The molecule has 1 N–H and O–H groups in total. The third-order valence-electron chi connectivity index (χ3n) is 3.26. The third-order valence-corrected chi connectivity index (χ3v) is 3.26. The fourth-order valence-corrected chi connectivity index (χ4v) is 1.83. The van der Waals surface area contributed by atoms with Gasteiger partial charge in [0.2, 0.25) is 5.91 Å². The van der Waals surface area contributed by atoms with Gasteiger partial charge < -0.3 is 10.2 Å². The molecule has 0 spiro atoms. The van der Waals surface area contributed by atoms with Crippen molar-refractivity contribution in [2.75, 3.05) is 20.1 Å². The highest BCUT2D eigenvalue weighted by atomic mass is 16.2. The molecule has 1 aromatic heterocycles. The summed E-state index contributed by atoms with van der Waals surface area (Å²) in [7, 11) is 1.88. The Balaban J connectivity index is 1.63. The lowest BCUT2D eigenvalue weighted by molar-refractivity contribution is -0.129. The van der Waals surface area contributed by atoms with Crippen molar-refractivity contribution < 1.29 is 4.79 Å². The molecule has 2 rings (SSSR count). The zero-order valence-corrected chi connectivity index (χ0v) is 10.9. The standard InChI is InChI=1S/C14H21N3O/c1-17(11-7-12-4-8-15-9-5-12)14(18)6-10-16-13-2-3-13/h4-5,8-9,13,16H,2-3,6-7,10-11H2,1H3. The average Bonchev–Trinajstić information content (AvgIpc) is 3.21. The number of carbonyl (C=O) groups is 1. The largest absolute Gasteiger partial charge is 0.345 e. The number of rotatable bonds is 7. The Hall–Kier alpha value is -1.42. The summed E-state index contributed by atoms with van der Waals surface area (Å²) >= 11 is 0. The average molecular weight is 247 g/mol. The van der Waals surface area contributed by atoms with Gasteiger partial charge in [-0.2, -0.15) is 0 Å². The van der Waals surface area contributed by atoms with Gasteiger partial charge >= 0.3 is 0 Å². The maximum atomic E-state index is 11.8. The van der Waals surface area contributed by atoms with Gasteiger partial charge in [0, 0.05) is 45.0 Å². The summed E-state index contributed by atoms with van der Waals surface area (Å²) in [5.41, 5.74) is 1.22. The normalized spacial score (nSPS) is 14.5. The van der Waals surface area contributed by atoms with E-state index < -0.39 is 0 Å². The minimum Gasteiger partial charge on any atom is -0.345 e. The number of carbonyl (C=O) groups excluding carboxylic acids is 1. The molecule has 4 nitrogen and oxygen atoms in total. The van der Waals surface area contributed by atoms with Crippen LogP contribution in [0.5, 0.6) is 0 Å². The fourth-order valence-electron chi connectivity index (χ4n) is 1.83. The van der Waals surface area contributed by atoms with Crippen molar-refractivity contribution >= 4 is 5.91 Å². The maximum Gasteiger partial charge on any atom is 0.223 e. The fraction of sp³-hybridized carbons (Fsp3) is 0.571. The number of likely N-dealkylation sites (N-methyl/N-ethyl adjacent to an activating group) is 1. The van der Waals surface area contributed by atoms with Crippen LogP contribution in [0.25, 0.3) is 0 Å². The summed E-state index contributed by atoms with van der Waals surface area (Å²) in [6.07, 6.45) is 7.61. The molecular formula is C14H21N3O. The van der Waals surface area contributed by atoms with Crippen molar-refractivity contribution in [2.24, 2.45) is 0 Å². The highest BCUT2D eigenvalue weighted by molar-refractivity contribution is 5.76. The Bertz CT molecular complexity index is 376. The Morgan fingerprint density at radius 3 is 2.83 bits per heavy atom. The molecule has 1 aliphatic rings. The molecule has 1 fully saturated rings. The molecule has 0 atom stereocenters. The molecule has 1 aliphatic carbocycles. The Morgan fingerprint density at radius 1 is 1.44 bits per heavy atom. The van der Waals surface area contributed by atoms with Gasteiger partial charge in [0.25, 0.3) is 0 Å². The van der Waals surface area contributed by atoms with E-state index in [2.05, 4.69) is 10.3 Å². The molecule has 18 heavy (non-hydrogen) atoms. The van der Waals surface area contributed by atoms with Crippen LogP contribution in [0.2, 0.25) is 0 Å². The van der Waals surface area contributed by atoms with E-state index >= 15 is 0 Å². The van der Waals surface area contributed by atoms with E-state index in [-0.39, 0.29) is 5.91 Å². The maximum absolute atomic E-state index is 11.8. The Morgan fingerprint density at radius 2 is 2.17 bits per heavy atom. The van der Waals surface area contributed by atoms with Crippen molar-refractivity contribution in [3.05, 3.63) is 30.1 Å². The van der Waals surface area contributed by atoms with Crippen molar-refractivity contribution in [1.82, 2.24) is 15.2 Å². The number of hydrogen-bond donors (Lipinski definition) is 1. The molecule has 0 unspecified atom stereocenters. The highest BCUT2D eigenvalue weighted by Gasteiger charge is 2.20. The van der Waals surface area contributed by atoms with Crippen molar-refractivity contribution in [3.8, 4) is 0 Å². The van der Waals surface area contributed by atoms with Gasteiger partial charge in [0.1, 0.15) is 0 Å². The first-order valence-electron chi connectivity index (χ1n) is 6.62. The van der Waals surface area contributed by atoms with E-state index in [4.69, 9.17) is 0 Å². The zero-order chi connectivity index (χ0) is 12.8.